The molecule has 0 unspecified atom stereocenters. The monoisotopic (exact) mass is 352 g/mol. The minimum Gasteiger partial charge on any atom is -0.450 e. The maximum absolute atomic E-state index is 12.3. The number of amides is 1. The second-order valence-electron chi connectivity index (χ2n) is 6.05. The molecular formula is C20H20N2O2S. The van der Waals surface area contributed by atoms with E-state index in [1.54, 1.807) is 6.07 Å². The van der Waals surface area contributed by atoms with Crippen molar-refractivity contribution in [3.63, 3.8) is 0 Å². The molecule has 1 N–H and O–H groups in total. The van der Waals surface area contributed by atoms with Gasteiger partial charge in [0.15, 0.2) is 5.09 Å². The Bertz CT molecular complexity index is 784. The topological polar surface area (TPSA) is 66.0 Å². The molecule has 1 aromatic carbocycles. The van der Waals surface area contributed by atoms with Gasteiger partial charge < -0.3 is 9.73 Å². The van der Waals surface area contributed by atoms with E-state index in [2.05, 4.69) is 5.32 Å². The maximum atomic E-state index is 12.3. The Hall–Kier alpha value is -2.45. The molecule has 1 aliphatic carbocycles. The van der Waals surface area contributed by atoms with E-state index < -0.39 is 0 Å². The number of furan rings is 1. The zero-order valence-electron chi connectivity index (χ0n) is 13.9. The Morgan fingerprint density at radius 2 is 1.92 bits per heavy atom. The first-order chi connectivity index (χ1) is 12.2. The van der Waals surface area contributed by atoms with Gasteiger partial charge in [0.1, 0.15) is 17.4 Å². The number of nitriles is 1. The average molecular weight is 352 g/mol. The standard InChI is InChI=1S/C20H20N2O2S/c21-14-15(20(23)22-16-7-3-1-4-8-16)13-17-11-12-19(24-17)25-18-9-5-2-6-10-18/h2,5-6,9-13,16H,1,3-4,7-8H2,(H,22,23)/b15-13-. The molecular weight excluding hydrogens is 332 g/mol. The number of carbonyl (C=O) groups excluding carboxylic acids is 1. The average Bonchev–Trinajstić information content (AvgIpc) is 3.08. The summed E-state index contributed by atoms with van der Waals surface area (Å²) in [5.74, 6) is 0.192. The molecule has 25 heavy (non-hydrogen) atoms. The van der Waals surface area contributed by atoms with Crippen LogP contribution in [0.2, 0.25) is 0 Å². The molecule has 1 saturated carbocycles. The summed E-state index contributed by atoms with van der Waals surface area (Å²) in [6.07, 6.45) is 6.98. The molecule has 0 spiro atoms. The van der Waals surface area contributed by atoms with Crippen molar-refractivity contribution in [2.24, 2.45) is 0 Å². The van der Waals surface area contributed by atoms with E-state index in [0.29, 0.717) is 5.76 Å². The fourth-order valence-corrected chi connectivity index (χ4v) is 3.67. The third-order valence-corrected chi connectivity index (χ3v) is 5.08. The molecule has 1 aromatic heterocycles. The molecule has 5 heteroatoms. The lowest BCUT2D eigenvalue weighted by Crippen LogP contribution is -2.36. The number of benzene rings is 1. The molecule has 0 aliphatic heterocycles. The van der Waals surface area contributed by atoms with Crippen LogP contribution in [0.3, 0.4) is 0 Å². The van der Waals surface area contributed by atoms with Gasteiger partial charge in [-0.2, -0.15) is 5.26 Å². The first kappa shape index (κ1) is 17.4. The number of hydrogen-bond donors (Lipinski definition) is 1. The van der Waals surface area contributed by atoms with Gasteiger partial charge in [0.25, 0.3) is 5.91 Å². The van der Waals surface area contributed by atoms with Crippen molar-refractivity contribution >= 4 is 23.7 Å². The van der Waals surface area contributed by atoms with Crippen molar-refractivity contribution in [1.29, 1.82) is 5.26 Å². The lowest BCUT2D eigenvalue weighted by molar-refractivity contribution is -0.117. The summed E-state index contributed by atoms with van der Waals surface area (Å²) in [7, 11) is 0. The highest BCUT2D eigenvalue weighted by Crippen LogP contribution is 2.29. The molecule has 0 radical (unpaired) electrons. The molecule has 0 bridgehead atoms. The van der Waals surface area contributed by atoms with Crippen LogP contribution < -0.4 is 5.32 Å². The van der Waals surface area contributed by atoms with Crippen molar-refractivity contribution in [3.05, 3.63) is 53.8 Å². The summed E-state index contributed by atoms with van der Waals surface area (Å²) < 4.78 is 5.72. The molecule has 1 amide bonds. The van der Waals surface area contributed by atoms with Crippen LogP contribution in [0.25, 0.3) is 6.08 Å². The second kappa shape index (κ2) is 8.59. The van der Waals surface area contributed by atoms with E-state index in [4.69, 9.17) is 4.42 Å². The van der Waals surface area contributed by atoms with Crippen LogP contribution in [0.5, 0.6) is 0 Å². The summed E-state index contributed by atoms with van der Waals surface area (Å²) in [5, 5.41) is 13.0. The minimum absolute atomic E-state index is 0.0798. The van der Waals surface area contributed by atoms with Gasteiger partial charge in [0, 0.05) is 17.0 Å². The van der Waals surface area contributed by atoms with E-state index in [0.717, 1.165) is 35.7 Å². The van der Waals surface area contributed by atoms with Crippen LogP contribution in [-0.2, 0) is 4.79 Å². The zero-order chi connectivity index (χ0) is 17.5. The van der Waals surface area contributed by atoms with Crippen molar-refractivity contribution in [2.45, 2.75) is 48.1 Å². The molecule has 1 heterocycles. The van der Waals surface area contributed by atoms with Gasteiger partial charge in [-0.1, -0.05) is 49.2 Å². The second-order valence-corrected chi connectivity index (χ2v) is 7.13. The van der Waals surface area contributed by atoms with Crippen LogP contribution in [-0.4, -0.2) is 11.9 Å². The Morgan fingerprint density at radius 3 is 2.64 bits per heavy atom. The summed E-state index contributed by atoms with van der Waals surface area (Å²) in [6, 6.07) is 15.7. The fourth-order valence-electron chi connectivity index (χ4n) is 2.87. The molecule has 0 atom stereocenters. The minimum atomic E-state index is -0.317. The summed E-state index contributed by atoms with van der Waals surface area (Å²) in [5.41, 5.74) is 0.0798. The molecule has 2 aromatic rings. The summed E-state index contributed by atoms with van der Waals surface area (Å²) >= 11 is 1.50. The Morgan fingerprint density at radius 1 is 1.16 bits per heavy atom. The quantitative estimate of drug-likeness (QED) is 0.621. The summed E-state index contributed by atoms with van der Waals surface area (Å²) in [4.78, 5) is 13.4. The van der Waals surface area contributed by atoms with Crippen LogP contribution in [0, 0.1) is 11.3 Å². The van der Waals surface area contributed by atoms with Crippen LogP contribution in [0.1, 0.15) is 37.9 Å². The number of hydrogen-bond acceptors (Lipinski definition) is 4. The zero-order valence-corrected chi connectivity index (χ0v) is 14.7. The molecule has 128 valence electrons. The van der Waals surface area contributed by atoms with Gasteiger partial charge in [-0.15, -0.1) is 0 Å². The van der Waals surface area contributed by atoms with E-state index in [-0.39, 0.29) is 17.5 Å². The highest BCUT2D eigenvalue weighted by atomic mass is 32.2. The van der Waals surface area contributed by atoms with E-state index in [1.807, 2.05) is 42.5 Å². The van der Waals surface area contributed by atoms with Crippen molar-refractivity contribution in [3.8, 4) is 6.07 Å². The van der Waals surface area contributed by atoms with Crippen molar-refractivity contribution in [2.75, 3.05) is 0 Å². The van der Waals surface area contributed by atoms with Gasteiger partial charge >= 0.3 is 0 Å². The third-order valence-electron chi connectivity index (χ3n) is 4.16. The fraction of sp³-hybridized carbons (Fsp3) is 0.300. The van der Waals surface area contributed by atoms with Gasteiger partial charge in [0.2, 0.25) is 0 Å². The SMILES string of the molecule is N#C/C(=C/c1ccc(Sc2ccccc2)o1)C(=O)NC1CCCCC1. The van der Waals surface area contributed by atoms with Crippen molar-refractivity contribution < 1.29 is 9.21 Å². The largest absolute Gasteiger partial charge is 0.450 e. The number of nitrogens with zero attached hydrogens (tertiary/aromatic N) is 1. The van der Waals surface area contributed by atoms with Crippen LogP contribution in [0.4, 0.5) is 0 Å². The lowest BCUT2D eigenvalue weighted by Gasteiger charge is -2.22. The first-order valence-corrected chi connectivity index (χ1v) is 9.31. The van der Waals surface area contributed by atoms with E-state index in [9.17, 15) is 10.1 Å². The van der Waals surface area contributed by atoms with E-state index >= 15 is 0 Å². The molecule has 1 aliphatic rings. The summed E-state index contributed by atoms with van der Waals surface area (Å²) in [6.45, 7) is 0. The molecule has 3 rings (SSSR count). The maximum Gasteiger partial charge on any atom is 0.262 e. The predicted molar refractivity (Wildman–Crippen MR) is 97.9 cm³/mol. The normalized spacial score (nSPS) is 15.6. The first-order valence-electron chi connectivity index (χ1n) is 8.50. The van der Waals surface area contributed by atoms with E-state index in [1.165, 1.54) is 24.3 Å². The highest BCUT2D eigenvalue weighted by Gasteiger charge is 2.18. The number of nitrogens with one attached hydrogen (secondary N) is 1. The van der Waals surface area contributed by atoms with Crippen molar-refractivity contribution in [1.82, 2.24) is 5.32 Å². The van der Waals surface area contributed by atoms with Gasteiger partial charge in [-0.3, -0.25) is 4.79 Å². The molecule has 1 fully saturated rings. The highest BCUT2D eigenvalue weighted by molar-refractivity contribution is 7.99. The Labute approximate surface area is 151 Å². The Balaban J connectivity index is 1.65. The number of rotatable bonds is 5. The lowest BCUT2D eigenvalue weighted by atomic mass is 9.95. The smallest absolute Gasteiger partial charge is 0.262 e. The number of carbonyl (C=O) groups is 1. The predicted octanol–water partition coefficient (Wildman–Crippen LogP) is 4.79. The van der Waals surface area contributed by atoms with Crippen LogP contribution >= 0.6 is 11.8 Å². The Kier molecular flexibility index (Phi) is 5.97. The van der Waals surface area contributed by atoms with Gasteiger partial charge in [-0.25, -0.2) is 0 Å². The van der Waals surface area contributed by atoms with Gasteiger partial charge in [0.05, 0.1) is 0 Å². The third kappa shape index (κ3) is 5.01. The van der Waals surface area contributed by atoms with Crippen LogP contribution in [0.15, 0.2) is 62.4 Å². The molecule has 4 nitrogen and oxygen atoms in total. The van der Waals surface area contributed by atoms with Gasteiger partial charge in [-0.05, 0) is 37.1 Å². The molecule has 0 saturated heterocycles.